The molecule has 1 aliphatic carbocycles. The number of ether oxygens (including phenoxy) is 1. The van der Waals surface area contributed by atoms with Gasteiger partial charge in [0.15, 0.2) is 0 Å². The van der Waals surface area contributed by atoms with Crippen molar-refractivity contribution in [1.82, 2.24) is 4.90 Å². The molecule has 0 saturated carbocycles. The zero-order valence-electron chi connectivity index (χ0n) is 19.6. The van der Waals surface area contributed by atoms with Crippen LogP contribution in [0.1, 0.15) is 35.1 Å². The smallest absolute Gasteiger partial charge is 0.120 e. The minimum Gasteiger partial charge on any atom is -0.489 e. The lowest BCUT2D eigenvalue weighted by molar-refractivity contribution is 0.0751. The summed E-state index contributed by atoms with van der Waals surface area (Å²) < 4.78 is 5.96. The molecule has 0 amide bonds. The molecule has 0 aliphatic heterocycles. The van der Waals surface area contributed by atoms with Gasteiger partial charge in [0.05, 0.1) is 5.60 Å². The van der Waals surface area contributed by atoms with Crippen LogP contribution in [0.25, 0.3) is 0 Å². The van der Waals surface area contributed by atoms with E-state index in [1.807, 2.05) is 30.3 Å². The number of nitrogens with zero attached hydrogens (tertiary/aromatic N) is 1. The van der Waals surface area contributed by atoms with Crippen LogP contribution >= 0.6 is 0 Å². The Kier molecular flexibility index (Phi) is 7.98. The quantitative estimate of drug-likeness (QED) is 0.346. The second kappa shape index (κ2) is 11.3. The van der Waals surface area contributed by atoms with Crippen LogP contribution in [-0.4, -0.2) is 35.7 Å². The number of benzene rings is 3. The van der Waals surface area contributed by atoms with Gasteiger partial charge in [0, 0.05) is 13.1 Å². The first-order valence-electron chi connectivity index (χ1n) is 12.0. The minimum absolute atomic E-state index is 0.586. The highest BCUT2D eigenvalue weighted by Crippen LogP contribution is 2.28. The highest BCUT2D eigenvalue weighted by atomic mass is 16.5. The van der Waals surface area contributed by atoms with Gasteiger partial charge < -0.3 is 14.7 Å². The van der Waals surface area contributed by atoms with Gasteiger partial charge in [0.25, 0.3) is 0 Å². The monoisotopic (exact) mass is 441 g/mol. The molecule has 0 atom stereocenters. The van der Waals surface area contributed by atoms with Gasteiger partial charge in [0.1, 0.15) is 12.4 Å². The summed E-state index contributed by atoms with van der Waals surface area (Å²) in [7, 11) is 2.13. The summed E-state index contributed by atoms with van der Waals surface area (Å²) in [5.41, 5.74) is 4.51. The van der Waals surface area contributed by atoms with Crippen molar-refractivity contribution in [2.45, 2.75) is 44.3 Å². The maximum atomic E-state index is 11.1. The Morgan fingerprint density at radius 1 is 0.879 bits per heavy atom. The molecule has 1 aliphatic rings. The first kappa shape index (κ1) is 23.3. The molecule has 33 heavy (non-hydrogen) atoms. The minimum atomic E-state index is -0.704. The Morgan fingerprint density at radius 3 is 2.27 bits per heavy atom. The summed E-state index contributed by atoms with van der Waals surface area (Å²) in [5, 5.41) is 11.1. The van der Waals surface area contributed by atoms with Crippen LogP contribution in [0.3, 0.4) is 0 Å². The second-order valence-corrected chi connectivity index (χ2v) is 9.21. The first-order valence-corrected chi connectivity index (χ1v) is 12.0. The van der Waals surface area contributed by atoms with E-state index in [9.17, 15) is 5.11 Å². The van der Waals surface area contributed by atoms with Crippen LogP contribution < -0.4 is 4.74 Å². The van der Waals surface area contributed by atoms with Crippen molar-refractivity contribution < 1.29 is 9.84 Å². The van der Waals surface area contributed by atoms with Crippen molar-refractivity contribution in [3.05, 3.63) is 113 Å². The SMILES string of the molecule is CN(C/C=C/C1(O)CCc2ccccc2CC1)CCc1cccc(OCc2ccccc2)c1. The number of rotatable bonds is 9. The van der Waals surface area contributed by atoms with Gasteiger partial charge in [-0.2, -0.15) is 0 Å². The summed E-state index contributed by atoms with van der Waals surface area (Å²) >= 11 is 0. The molecule has 0 heterocycles. The normalized spacial score (nSPS) is 15.4. The Bertz CT molecular complexity index is 1020. The van der Waals surface area contributed by atoms with Crippen LogP contribution in [-0.2, 0) is 25.9 Å². The van der Waals surface area contributed by atoms with E-state index in [4.69, 9.17) is 4.74 Å². The van der Waals surface area contributed by atoms with E-state index >= 15 is 0 Å². The average molecular weight is 442 g/mol. The molecule has 172 valence electrons. The van der Waals surface area contributed by atoms with Crippen LogP contribution in [0.2, 0.25) is 0 Å². The lowest BCUT2D eigenvalue weighted by Crippen LogP contribution is -2.27. The van der Waals surface area contributed by atoms with E-state index in [1.165, 1.54) is 22.3 Å². The van der Waals surface area contributed by atoms with Gasteiger partial charge in [-0.25, -0.2) is 0 Å². The molecule has 0 saturated heterocycles. The number of likely N-dealkylation sites (N-methyl/N-ethyl adjacent to an activating group) is 1. The first-order chi connectivity index (χ1) is 16.1. The molecule has 3 aromatic rings. The molecule has 3 aromatic carbocycles. The van der Waals surface area contributed by atoms with Crippen LogP contribution in [0, 0.1) is 0 Å². The molecule has 0 unspecified atom stereocenters. The Morgan fingerprint density at radius 2 is 1.55 bits per heavy atom. The molecule has 0 radical (unpaired) electrons. The lowest BCUT2D eigenvalue weighted by atomic mass is 9.93. The molecule has 1 N–H and O–H groups in total. The third-order valence-electron chi connectivity index (χ3n) is 6.55. The van der Waals surface area contributed by atoms with E-state index in [1.54, 1.807) is 0 Å². The third kappa shape index (κ3) is 7.05. The van der Waals surface area contributed by atoms with E-state index in [0.29, 0.717) is 6.61 Å². The molecular formula is C30H35NO2. The number of hydrogen-bond donors (Lipinski definition) is 1. The molecular weight excluding hydrogens is 406 g/mol. The second-order valence-electron chi connectivity index (χ2n) is 9.21. The lowest BCUT2D eigenvalue weighted by Gasteiger charge is -2.23. The van der Waals surface area contributed by atoms with Crippen molar-refractivity contribution >= 4 is 0 Å². The molecule has 0 aromatic heterocycles. The fourth-order valence-electron chi connectivity index (χ4n) is 4.43. The van der Waals surface area contributed by atoms with Gasteiger partial charge in [-0.3, -0.25) is 0 Å². The highest BCUT2D eigenvalue weighted by Gasteiger charge is 2.26. The predicted molar refractivity (Wildman–Crippen MR) is 136 cm³/mol. The van der Waals surface area contributed by atoms with Crippen molar-refractivity contribution in [1.29, 1.82) is 0 Å². The van der Waals surface area contributed by atoms with Crippen molar-refractivity contribution in [3.8, 4) is 5.75 Å². The maximum absolute atomic E-state index is 11.1. The van der Waals surface area contributed by atoms with Gasteiger partial charge in [-0.15, -0.1) is 0 Å². The predicted octanol–water partition coefficient (Wildman–Crippen LogP) is 5.61. The van der Waals surface area contributed by atoms with E-state index in [0.717, 1.165) is 50.9 Å². The van der Waals surface area contributed by atoms with E-state index in [2.05, 4.69) is 72.6 Å². The average Bonchev–Trinajstić information content (AvgIpc) is 3.02. The molecule has 0 spiro atoms. The van der Waals surface area contributed by atoms with Crippen LogP contribution in [0.15, 0.2) is 91.0 Å². The Balaban J connectivity index is 1.22. The van der Waals surface area contributed by atoms with Gasteiger partial charge in [-0.05, 0) is 73.5 Å². The van der Waals surface area contributed by atoms with Crippen molar-refractivity contribution in [2.24, 2.45) is 0 Å². The summed E-state index contributed by atoms with van der Waals surface area (Å²) in [6, 6.07) is 27.2. The molecule has 0 bridgehead atoms. The van der Waals surface area contributed by atoms with Gasteiger partial charge >= 0.3 is 0 Å². The van der Waals surface area contributed by atoms with Crippen LogP contribution in [0.4, 0.5) is 0 Å². The number of hydrogen-bond acceptors (Lipinski definition) is 3. The van der Waals surface area contributed by atoms with Gasteiger partial charge in [0.2, 0.25) is 0 Å². The third-order valence-corrected chi connectivity index (χ3v) is 6.55. The van der Waals surface area contributed by atoms with E-state index in [-0.39, 0.29) is 0 Å². The van der Waals surface area contributed by atoms with Crippen molar-refractivity contribution in [3.63, 3.8) is 0 Å². The summed E-state index contributed by atoms with van der Waals surface area (Å²) in [4.78, 5) is 2.29. The van der Waals surface area contributed by atoms with Crippen molar-refractivity contribution in [2.75, 3.05) is 20.1 Å². The van der Waals surface area contributed by atoms with Crippen LogP contribution in [0.5, 0.6) is 5.75 Å². The summed E-state index contributed by atoms with van der Waals surface area (Å²) in [6.45, 7) is 2.37. The zero-order chi connectivity index (χ0) is 22.9. The highest BCUT2D eigenvalue weighted by molar-refractivity contribution is 5.30. The number of fused-ring (bicyclic) bond motifs is 1. The molecule has 0 fully saturated rings. The molecule has 3 nitrogen and oxygen atoms in total. The van der Waals surface area contributed by atoms with E-state index < -0.39 is 5.60 Å². The fourth-order valence-corrected chi connectivity index (χ4v) is 4.43. The number of aryl methyl sites for hydroxylation is 2. The standard InChI is InChI=1S/C30H35NO2/c1-31(21-8-18-30(32)19-15-27-12-5-6-13-28(27)16-20-30)22-17-25-11-7-14-29(23-25)33-24-26-9-3-2-4-10-26/h2-14,18,23,32H,15-17,19-22,24H2,1H3/b18-8+. The largest absolute Gasteiger partial charge is 0.489 e. The Hall–Kier alpha value is -2.88. The topological polar surface area (TPSA) is 32.7 Å². The fraction of sp³-hybridized carbons (Fsp3) is 0.333. The molecule has 4 rings (SSSR count). The zero-order valence-corrected chi connectivity index (χ0v) is 19.6. The molecule has 3 heteroatoms. The maximum Gasteiger partial charge on any atom is 0.120 e. The Labute approximate surface area is 198 Å². The summed E-state index contributed by atoms with van der Waals surface area (Å²) in [5.74, 6) is 0.912. The summed E-state index contributed by atoms with van der Waals surface area (Å²) in [6.07, 6.45) is 8.60. The van der Waals surface area contributed by atoms with Gasteiger partial charge in [-0.1, -0.05) is 78.9 Å². The number of aliphatic hydroxyl groups is 1.